The number of piperidine rings is 1. The molecule has 6 rings (SSSR count). The van der Waals surface area contributed by atoms with Crippen LogP contribution in [-0.2, 0) is 12.2 Å². The van der Waals surface area contributed by atoms with Crippen molar-refractivity contribution in [2.45, 2.75) is 37.1 Å². The highest BCUT2D eigenvalue weighted by Gasteiger charge is 2.25. The quantitative estimate of drug-likeness (QED) is 0.200. The highest BCUT2D eigenvalue weighted by Crippen LogP contribution is 2.31. The van der Waals surface area contributed by atoms with Crippen LogP contribution in [0.4, 0.5) is 0 Å². The summed E-state index contributed by atoms with van der Waals surface area (Å²) in [5.41, 5.74) is 5.05. The molecule has 1 fully saturated rings. The Hall–Kier alpha value is -3.82. The zero-order valence-corrected chi connectivity index (χ0v) is 23.9. The fourth-order valence-electron chi connectivity index (χ4n) is 5.03. The minimum absolute atomic E-state index is 0.0356. The number of aromatic nitrogens is 5. The van der Waals surface area contributed by atoms with Gasteiger partial charge in [-0.2, -0.15) is 0 Å². The number of hydrogen-bond donors (Lipinski definition) is 0. The molecule has 1 amide bonds. The smallest absolute Gasteiger partial charge is 0.273 e. The summed E-state index contributed by atoms with van der Waals surface area (Å²) in [6.45, 7) is 3.65. The Balaban J connectivity index is 1.11. The number of rotatable bonds is 8. The fraction of sp³-hybridized carbons (Fsp3) is 0.258. The van der Waals surface area contributed by atoms with E-state index in [2.05, 4.69) is 81.3 Å². The topological polar surface area (TPSA) is 76.8 Å². The lowest BCUT2D eigenvalue weighted by Crippen LogP contribution is -2.39. The summed E-state index contributed by atoms with van der Waals surface area (Å²) in [5, 5.41) is 12.6. The third-order valence-corrected chi connectivity index (χ3v) is 9.20. The normalized spacial score (nSPS) is 14.0. The van der Waals surface area contributed by atoms with E-state index >= 15 is 0 Å². The van der Waals surface area contributed by atoms with E-state index in [1.54, 1.807) is 24.2 Å². The highest BCUT2D eigenvalue weighted by molar-refractivity contribution is 7.98. The van der Waals surface area contributed by atoms with Crippen molar-refractivity contribution in [2.75, 3.05) is 13.1 Å². The average molecular weight is 567 g/mol. The number of likely N-dealkylation sites (tertiary alicyclic amines) is 1. The van der Waals surface area contributed by atoms with Gasteiger partial charge in [-0.15, -0.1) is 21.5 Å². The number of carbonyl (C=O) groups excluding carboxylic acids is 1. The summed E-state index contributed by atoms with van der Waals surface area (Å²) >= 11 is 3.10. The van der Waals surface area contributed by atoms with Gasteiger partial charge in [-0.25, -0.2) is 4.98 Å². The molecule has 0 spiro atoms. The first-order valence-electron chi connectivity index (χ1n) is 13.5. The molecule has 0 N–H and O–H groups in total. The van der Waals surface area contributed by atoms with Crippen LogP contribution in [0, 0.1) is 12.8 Å². The zero-order chi connectivity index (χ0) is 27.3. The van der Waals surface area contributed by atoms with Gasteiger partial charge in [0.1, 0.15) is 10.7 Å². The fourth-order valence-corrected chi connectivity index (χ4v) is 6.77. The second kappa shape index (κ2) is 12.1. The Morgan fingerprint density at radius 3 is 2.48 bits per heavy atom. The predicted molar refractivity (Wildman–Crippen MR) is 160 cm³/mol. The monoisotopic (exact) mass is 566 g/mol. The van der Waals surface area contributed by atoms with E-state index in [0.717, 1.165) is 59.6 Å². The molecule has 1 aliphatic heterocycles. The number of thioether (sulfide) groups is 1. The van der Waals surface area contributed by atoms with Gasteiger partial charge >= 0.3 is 0 Å². The molecule has 1 aliphatic rings. The summed E-state index contributed by atoms with van der Waals surface area (Å²) in [5.74, 6) is 2.03. The van der Waals surface area contributed by atoms with Gasteiger partial charge in [0.2, 0.25) is 0 Å². The molecule has 202 valence electrons. The maximum absolute atomic E-state index is 13.2. The number of benzene rings is 2. The molecule has 0 unspecified atom stereocenters. The van der Waals surface area contributed by atoms with E-state index in [1.807, 2.05) is 22.4 Å². The largest absolute Gasteiger partial charge is 0.337 e. The van der Waals surface area contributed by atoms with Crippen LogP contribution in [0.2, 0.25) is 0 Å². The van der Waals surface area contributed by atoms with Crippen molar-refractivity contribution in [1.82, 2.24) is 29.6 Å². The summed E-state index contributed by atoms with van der Waals surface area (Å²) in [6, 6.07) is 22.8. The molecule has 2 aromatic carbocycles. The second-order valence-corrected chi connectivity index (χ2v) is 11.9. The van der Waals surface area contributed by atoms with Crippen molar-refractivity contribution in [2.24, 2.45) is 5.92 Å². The number of carbonyl (C=O) groups is 1. The van der Waals surface area contributed by atoms with Crippen LogP contribution in [0.3, 0.4) is 0 Å². The van der Waals surface area contributed by atoms with Crippen molar-refractivity contribution in [3.05, 3.63) is 106 Å². The van der Waals surface area contributed by atoms with E-state index in [4.69, 9.17) is 4.98 Å². The van der Waals surface area contributed by atoms with Crippen molar-refractivity contribution in [3.8, 4) is 17.1 Å². The maximum atomic E-state index is 13.2. The molecule has 1 saturated heterocycles. The van der Waals surface area contributed by atoms with Gasteiger partial charge in [-0.1, -0.05) is 59.8 Å². The number of nitrogens with zero attached hydrogens (tertiary/aromatic N) is 6. The SMILES string of the molecule is Cc1ccc(-n2c(SCc3nc(C(=O)N4CCC(Cc5ccccc5)CC4)cs3)nnc2-c2ccncc2)cc1. The minimum Gasteiger partial charge on any atom is -0.337 e. The van der Waals surface area contributed by atoms with Crippen LogP contribution in [0.15, 0.2) is 89.7 Å². The first kappa shape index (κ1) is 26.4. The molecule has 4 heterocycles. The van der Waals surface area contributed by atoms with Gasteiger partial charge in [0.15, 0.2) is 11.0 Å². The molecule has 5 aromatic rings. The lowest BCUT2D eigenvalue weighted by atomic mass is 9.90. The van der Waals surface area contributed by atoms with Crippen molar-refractivity contribution < 1.29 is 4.79 Å². The minimum atomic E-state index is 0.0356. The predicted octanol–water partition coefficient (Wildman–Crippen LogP) is 6.48. The first-order valence-corrected chi connectivity index (χ1v) is 15.3. The first-order chi connectivity index (χ1) is 19.6. The number of amides is 1. The molecule has 0 aliphatic carbocycles. The Morgan fingerprint density at radius 1 is 0.975 bits per heavy atom. The Morgan fingerprint density at radius 2 is 1.73 bits per heavy atom. The third kappa shape index (κ3) is 6.00. The van der Waals surface area contributed by atoms with E-state index in [9.17, 15) is 4.79 Å². The standard InChI is InChI=1S/C31H30N6OS2/c1-22-7-9-26(10-8-22)37-29(25-11-15-32-16-12-25)34-35-31(37)40-21-28-33-27(20-39-28)30(38)36-17-13-24(14-18-36)19-23-5-3-2-4-6-23/h2-12,15-16,20,24H,13-14,17-19,21H2,1H3. The van der Waals surface area contributed by atoms with Crippen LogP contribution < -0.4 is 0 Å². The van der Waals surface area contributed by atoms with Gasteiger partial charge in [0.05, 0.1) is 5.75 Å². The summed E-state index contributed by atoms with van der Waals surface area (Å²) < 4.78 is 2.07. The Kier molecular flexibility index (Phi) is 8.02. The van der Waals surface area contributed by atoms with Gasteiger partial charge in [-0.05, 0) is 61.9 Å². The van der Waals surface area contributed by atoms with Crippen LogP contribution in [0.25, 0.3) is 17.1 Å². The van der Waals surface area contributed by atoms with Crippen LogP contribution in [0.1, 0.15) is 39.5 Å². The van der Waals surface area contributed by atoms with E-state index in [0.29, 0.717) is 17.4 Å². The van der Waals surface area contributed by atoms with Gasteiger partial charge in [0, 0.05) is 42.1 Å². The molecule has 9 heteroatoms. The maximum Gasteiger partial charge on any atom is 0.273 e. The summed E-state index contributed by atoms with van der Waals surface area (Å²) in [7, 11) is 0. The number of aryl methyl sites for hydroxylation is 1. The molecule has 40 heavy (non-hydrogen) atoms. The third-order valence-electron chi connectivity index (χ3n) is 7.23. The van der Waals surface area contributed by atoms with Crippen molar-refractivity contribution in [3.63, 3.8) is 0 Å². The van der Waals surface area contributed by atoms with E-state index in [-0.39, 0.29) is 5.91 Å². The van der Waals surface area contributed by atoms with Gasteiger partial charge in [-0.3, -0.25) is 14.3 Å². The molecular weight excluding hydrogens is 537 g/mol. The number of thiazole rings is 1. The molecule has 0 radical (unpaired) electrons. The summed E-state index contributed by atoms with van der Waals surface area (Å²) in [4.78, 5) is 24.0. The number of pyridine rings is 1. The molecule has 3 aromatic heterocycles. The van der Waals surface area contributed by atoms with E-state index < -0.39 is 0 Å². The lowest BCUT2D eigenvalue weighted by molar-refractivity contribution is 0.0685. The lowest BCUT2D eigenvalue weighted by Gasteiger charge is -2.31. The van der Waals surface area contributed by atoms with Crippen molar-refractivity contribution in [1.29, 1.82) is 0 Å². The number of hydrogen-bond acceptors (Lipinski definition) is 7. The van der Waals surface area contributed by atoms with Crippen molar-refractivity contribution >= 4 is 29.0 Å². The van der Waals surface area contributed by atoms with Gasteiger partial charge in [0.25, 0.3) is 5.91 Å². The Labute approximate surface area is 242 Å². The molecule has 0 bridgehead atoms. The van der Waals surface area contributed by atoms with Crippen LogP contribution in [0.5, 0.6) is 0 Å². The Bertz CT molecular complexity index is 1560. The van der Waals surface area contributed by atoms with Crippen LogP contribution in [-0.4, -0.2) is 48.6 Å². The molecule has 7 nitrogen and oxygen atoms in total. The summed E-state index contributed by atoms with van der Waals surface area (Å²) in [6.07, 6.45) is 6.66. The van der Waals surface area contributed by atoms with Crippen LogP contribution >= 0.6 is 23.1 Å². The average Bonchev–Trinajstić information content (AvgIpc) is 3.65. The second-order valence-electron chi connectivity index (χ2n) is 10.1. The van der Waals surface area contributed by atoms with Gasteiger partial charge < -0.3 is 4.90 Å². The zero-order valence-electron chi connectivity index (χ0n) is 22.3. The molecular formula is C31H30N6OS2. The molecule has 0 atom stereocenters. The van der Waals surface area contributed by atoms with E-state index in [1.165, 1.54) is 22.5 Å². The highest BCUT2D eigenvalue weighted by atomic mass is 32.2. The molecule has 0 saturated carbocycles.